The zero-order valence-corrected chi connectivity index (χ0v) is 21.2. The Morgan fingerprint density at radius 1 is 1.05 bits per heavy atom. The number of nitrogens with two attached hydrogens (primary N) is 1. The van der Waals surface area contributed by atoms with E-state index in [-0.39, 0.29) is 23.5 Å². The van der Waals surface area contributed by atoms with Gasteiger partial charge >= 0.3 is 11.9 Å². The molecule has 0 radical (unpaired) electrons. The summed E-state index contributed by atoms with van der Waals surface area (Å²) >= 11 is 0. The summed E-state index contributed by atoms with van der Waals surface area (Å²) in [6, 6.07) is 10.9. The molecule has 8 nitrogen and oxygen atoms in total. The van der Waals surface area contributed by atoms with E-state index < -0.39 is 28.5 Å². The van der Waals surface area contributed by atoms with Crippen molar-refractivity contribution in [3.05, 3.63) is 104 Å². The number of alkyl halides is 3. The van der Waals surface area contributed by atoms with Gasteiger partial charge in [0.15, 0.2) is 5.69 Å². The number of hydrogen-bond donors (Lipinski definition) is 1. The molecule has 0 aliphatic heterocycles. The summed E-state index contributed by atoms with van der Waals surface area (Å²) in [4.78, 5) is 30.6. The summed E-state index contributed by atoms with van der Waals surface area (Å²) < 4.78 is 44.0. The average molecular weight is 523 g/mol. The van der Waals surface area contributed by atoms with Crippen LogP contribution in [0.5, 0.6) is 0 Å². The minimum Gasteiger partial charge on any atom is -0.322 e. The van der Waals surface area contributed by atoms with E-state index in [9.17, 15) is 22.8 Å². The molecule has 11 heteroatoms. The van der Waals surface area contributed by atoms with Crippen molar-refractivity contribution in [3.8, 4) is 22.6 Å². The van der Waals surface area contributed by atoms with Crippen LogP contribution in [0.2, 0.25) is 0 Å². The van der Waals surface area contributed by atoms with E-state index >= 15 is 0 Å². The van der Waals surface area contributed by atoms with Crippen LogP contribution in [0, 0.1) is 13.5 Å². The van der Waals surface area contributed by atoms with Gasteiger partial charge in [-0.2, -0.15) is 18.3 Å². The standard InChI is InChI=1S/C27H25F3N6O2/c1-6-34-24(37)22(16(2)35(25(34)38)20-9-7-8-17(14-20)27(28,29)30)23-21(26(3,4)31)15-33-36(23)19-12-10-18(32-5)11-13-19/h7-15H,6,31H2,1-4H3. The highest BCUT2D eigenvalue weighted by Gasteiger charge is 2.32. The zero-order chi connectivity index (χ0) is 28.0. The second-order valence-corrected chi connectivity index (χ2v) is 9.34. The van der Waals surface area contributed by atoms with Gasteiger partial charge in [-0.25, -0.2) is 14.3 Å². The van der Waals surface area contributed by atoms with Crippen LogP contribution in [0.25, 0.3) is 27.5 Å². The molecular formula is C27H25F3N6O2. The number of aromatic nitrogens is 4. The van der Waals surface area contributed by atoms with Crippen molar-refractivity contribution in [2.24, 2.45) is 5.73 Å². The van der Waals surface area contributed by atoms with Gasteiger partial charge in [-0.05, 0) is 58.0 Å². The maximum absolute atomic E-state index is 13.8. The molecule has 2 aromatic carbocycles. The summed E-state index contributed by atoms with van der Waals surface area (Å²) in [6.07, 6.45) is -3.10. The maximum Gasteiger partial charge on any atom is 0.416 e. The Bertz CT molecular complexity index is 1680. The lowest BCUT2D eigenvalue weighted by molar-refractivity contribution is -0.137. The molecule has 0 spiro atoms. The van der Waals surface area contributed by atoms with Gasteiger partial charge in [0.2, 0.25) is 0 Å². The maximum atomic E-state index is 13.8. The van der Waals surface area contributed by atoms with Gasteiger partial charge in [-0.15, -0.1) is 0 Å². The molecule has 2 heterocycles. The zero-order valence-electron chi connectivity index (χ0n) is 21.2. The molecule has 0 saturated heterocycles. The summed E-state index contributed by atoms with van der Waals surface area (Å²) in [5.74, 6) is 0. The molecule has 0 bridgehead atoms. The van der Waals surface area contributed by atoms with E-state index in [2.05, 4.69) is 9.94 Å². The van der Waals surface area contributed by atoms with E-state index in [1.807, 2.05) is 0 Å². The Kier molecular flexibility index (Phi) is 6.63. The van der Waals surface area contributed by atoms with Crippen LogP contribution in [0.15, 0.2) is 64.3 Å². The van der Waals surface area contributed by atoms with Gasteiger partial charge < -0.3 is 5.73 Å². The Morgan fingerprint density at radius 2 is 1.71 bits per heavy atom. The molecular weight excluding hydrogens is 497 g/mol. The summed E-state index contributed by atoms with van der Waals surface area (Å²) in [5, 5.41) is 4.47. The van der Waals surface area contributed by atoms with Crippen molar-refractivity contribution in [2.45, 2.75) is 46.0 Å². The quantitative estimate of drug-likeness (QED) is 0.376. The first-order valence-electron chi connectivity index (χ1n) is 11.7. The molecule has 0 fully saturated rings. The van der Waals surface area contributed by atoms with Crippen LogP contribution >= 0.6 is 0 Å². The van der Waals surface area contributed by atoms with Crippen LogP contribution < -0.4 is 17.0 Å². The molecule has 2 aromatic heterocycles. The molecule has 0 aliphatic rings. The predicted octanol–water partition coefficient (Wildman–Crippen LogP) is 4.94. The molecule has 0 amide bonds. The number of nitrogens with zero attached hydrogens (tertiary/aromatic N) is 5. The molecule has 0 saturated carbocycles. The number of halogens is 3. The van der Waals surface area contributed by atoms with Gasteiger partial charge in [0, 0.05) is 23.3 Å². The highest BCUT2D eigenvalue weighted by molar-refractivity contribution is 5.69. The van der Waals surface area contributed by atoms with Gasteiger partial charge in [-0.1, -0.05) is 18.2 Å². The Hall–Kier alpha value is -4.43. The van der Waals surface area contributed by atoms with E-state index in [1.54, 1.807) is 45.0 Å². The van der Waals surface area contributed by atoms with Crippen LogP contribution in [0.3, 0.4) is 0 Å². The lowest BCUT2D eigenvalue weighted by Gasteiger charge is -2.23. The normalized spacial score (nSPS) is 12.0. The van der Waals surface area contributed by atoms with E-state index in [1.165, 1.54) is 29.9 Å². The fraction of sp³-hybridized carbons (Fsp3) is 0.259. The number of rotatable bonds is 5. The van der Waals surface area contributed by atoms with Gasteiger partial charge in [-0.3, -0.25) is 13.9 Å². The van der Waals surface area contributed by atoms with Crippen molar-refractivity contribution >= 4 is 5.69 Å². The predicted molar refractivity (Wildman–Crippen MR) is 138 cm³/mol. The first kappa shape index (κ1) is 26.6. The SMILES string of the molecule is [C-]#[N+]c1ccc(-n2ncc(C(C)(C)N)c2-c2c(C)n(-c3cccc(C(F)(F)F)c3)c(=O)n(CC)c2=O)cc1. The van der Waals surface area contributed by atoms with E-state index in [0.717, 1.165) is 21.3 Å². The molecule has 0 atom stereocenters. The van der Waals surface area contributed by atoms with Crippen molar-refractivity contribution in [3.63, 3.8) is 0 Å². The third-order valence-corrected chi connectivity index (χ3v) is 6.25. The Balaban J connectivity index is 2.13. The Morgan fingerprint density at radius 3 is 2.26 bits per heavy atom. The second-order valence-electron chi connectivity index (χ2n) is 9.34. The van der Waals surface area contributed by atoms with Crippen LogP contribution in [0.1, 0.15) is 37.6 Å². The lowest BCUT2D eigenvalue weighted by Crippen LogP contribution is -2.41. The molecule has 4 aromatic rings. The van der Waals surface area contributed by atoms with Crippen molar-refractivity contribution in [1.29, 1.82) is 0 Å². The minimum atomic E-state index is -4.62. The second kappa shape index (κ2) is 9.46. The smallest absolute Gasteiger partial charge is 0.322 e. The highest BCUT2D eigenvalue weighted by atomic mass is 19.4. The van der Waals surface area contributed by atoms with Crippen LogP contribution in [0.4, 0.5) is 18.9 Å². The van der Waals surface area contributed by atoms with E-state index in [4.69, 9.17) is 12.3 Å². The van der Waals surface area contributed by atoms with Crippen molar-refractivity contribution in [2.75, 3.05) is 0 Å². The van der Waals surface area contributed by atoms with Gasteiger partial charge in [0.05, 0.1) is 41.0 Å². The highest BCUT2D eigenvalue weighted by Crippen LogP contribution is 2.34. The van der Waals surface area contributed by atoms with Gasteiger partial charge in [0.25, 0.3) is 5.56 Å². The van der Waals surface area contributed by atoms with Crippen LogP contribution in [-0.4, -0.2) is 18.9 Å². The summed E-state index contributed by atoms with van der Waals surface area (Å²) in [5.41, 5.74) is 5.07. The fourth-order valence-corrected chi connectivity index (χ4v) is 4.35. The summed E-state index contributed by atoms with van der Waals surface area (Å²) in [7, 11) is 0. The Labute approximate surface area is 216 Å². The first-order valence-corrected chi connectivity index (χ1v) is 11.7. The van der Waals surface area contributed by atoms with Crippen LogP contribution in [-0.2, 0) is 18.3 Å². The molecule has 4 rings (SSSR count). The average Bonchev–Trinajstić information content (AvgIpc) is 3.29. The minimum absolute atomic E-state index is 0.0148. The summed E-state index contributed by atoms with van der Waals surface area (Å²) in [6.45, 7) is 13.8. The first-order chi connectivity index (χ1) is 17.8. The molecule has 38 heavy (non-hydrogen) atoms. The van der Waals surface area contributed by atoms with Crippen molar-refractivity contribution in [1.82, 2.24) is 18.9 Å². The molecule has 0 unspecified atom stereocenters. The van der Waals surface area contributed by atoms with Gasteiger partial charge in [0.1, 0.15) is 0 Å². The molecule has 2 N–H and O–H groups in total. The fourth-order valence-electron chi connectivity index (χ4n) is 4.35. The third kappa shape index (κ3) is 4.54. The monoisotopic (exact) mass is 522 g/mol. The molecule has 0 aliphatic carbocycles. The number of hydrogen-bond acceptors (Lipinski definition) is 4. The largest absolute Gasteiger partial charge is 0.416 e. The van der Waals surface area contributed by atoms with Crippen molar-refractivity contribution < 1.29 is 13.2 Å². The third-order valence-electron chi connectivity index (χ3n) is 6.25. The number of benzene rings is 2. The topological polar surface area (TPSA) is 92.2 Å². The molecule has 196 valence electrons. The lowest BCUT2D eigenvalue weighted by atomic mass is 9.93. The van der Waals surface area contributed by atoms with E-state index in [0.29, 0.717) is 22.6 Å².